The lowest BCUT2D eigenvalue weighted by Gasteiger charge is -2.29. The zero-order chi connectivity index (χ0) is 23.8. The van der Waals surface area contributed by atoms with Gasteiger partial charge in [0.25, 0.3) is 15.9 Å². The largest absolute Gasteiger partial charge is 0.449 e. The highest BCUT2D eigenvalue weighted by molar-refractivity contribution is 7.90. The number of fused-ring (bicyclic) bond motifs is 3. The summed E-state index contributed by atoms with van der Waals surface area (Å²) in [6.07, 6.45) is 3.90. The monoisotopic (exact) mass is 473 g/mol. The summed E-state index contributed by atoms with van der Waals surface area (Å²) in [6, 6.07) is 6.09. The minimum absolute atomic E-state index is 0.0273. The Morgan fingerprint density at radius 3 is 2.67 bits per heavy atom. The van der Waals surface area contributed by atoms with Crippen molar-refractivity contribution in [2.75, 3.05) is 16.8 Å². The third-order valence-corrected chi connectivity index (χ3v) is 6.98. The second kappa shape index (κ2) is 8.97. The molecule has 3 heterocycles. The number of amides is 1. The van der Waals surface area contributed by atoms with Crippen LogP contribution in [0.4, 0.5) is 11.5 Å². The van der Waals surface area contributed by atoms with E-state index in [1.54, 1.807) is 23.0 Å². The molecule has 1 atom stereocenters. The molecule has 4 rings (SSSR count). The summed E-state index contributed by atoms with van der Waals surface area (Å²) >= 11 is 0. The first-order chi connectivity index (χ1) is 15.7. The van der Waals surface area contributed by atoms with Gasteiger partial charge in [0.1, 0.15) is 16.5 Å². The Balaban J connectivity index is 1.51. The third kappa shape index (κ3) is 4.63. The van der Waals surface area contributed by atoms with E-state index in [1.807, 2.05) is 18.7 Å². The number of ether oxygens (including phenoxy) is 1. The van der Waals surface area contributed by atoms with E-state index in [4.69, 9.17) is 4.74 Å². The van der Waals surface area contributed by atoms with Crippen LogP contribution in [-0.2, 0) is 19.6 Å². The van der Waals surface area contributed by atoms with Crippen LogP contribution in [0.3, 0.4) is 0 Å². The summed E-state index contributed by atoms with van der Waals surface area (Å²) < 4.78 is 36.5. The van der Waals surface area contributed by atoms with Gasteiger partial charge < -0.3 is 15.0 Å². The van der Waals surface area contributed by atoms with Gasteiger partial charge in [-0.05, 0) is 51.8 Å². The number of esters is 1. The molecule has 10 nitrogen and oxygen atoms in total. The van der Waals surface area contributed by atoms with Crippen molar-refractivity contribution in [1.29, 1.82) is 0 Å². The number of amidine groups is 1. The molecule has 0 saturated carbocycles. The summed E-state index contributed by atoms with van der Waals surface area (Å²) in [5.74, 6) is -0.279. The summed E-state index contributed by atoms with van der Waals surface area (Å²) in [4.78, 5) is 27.1. The molecule has 0 bridgehead atoms. The van der Waals surface area contributed by atoms with Crippen LogP contribution in [0.25, 0.3) is 0 Å². The molecule has 2 aliphatic rings. The van der Waals surface area contributed by atoms with Gasteiger partial charge in [0.15, 0.2) is 6.10 Å². The summed E-state index contributed by atoms with van der Waals surface area (Å²) in [7, 11) is -3.93. The van der Waals surface area contributed by atoms with Crippen LogP contribution in [0.15, 0.2) is 39.8 Å². The number of aromatic nitrogens is 2. The van der Waals surface area contributed by atoms with Crippen molar-refractivity contribution >= 4 is 39.2 Å². The molecule has 1 N–H and O–H groups in total. The summed E-state index contributed by atoms with van der Waals surface area (Å²) in [5.41, 5.74) is 0.559. The third-order valence-electron chi connectivity index (χ3n) is 5.65. The summed E-state index contributed by atoms with van der Waals surface area (Å²) in [5, 5.41) is 6.84. The van der Waals surface area contributed by atoms with Gasteiger partial charge in [-0.25, -0.2) is 9.48 Å². The quantitative estimate of drug-likeness (QED) is 0.662. The van der Waals surface area contributed by atoms with E-state index in [2.05, 4.69) is 14.8 Å². The van der Waals surface area contributed by atoms with E-state index in [0.717, 1.165) is 19.3 Å². The van der Waals surface area contributed by atoms with Crippen LogP contribution >= 0.6 is 0 Å². The maximum absolute atomic E-state index is 12.8. The van der Waals surface area contributed by atoms with Crippen molar-refractivity contribution in [3.8, 4) is 0 Å². The van der Waals surface area contributed by atoms with Crippen molar-refractivity contribution in [2.45, 2.75) is 63.5 Å². The predicted molar refractivity (Wildman–Crippen MR) is 123 cm³/mol. The number of nitrogens with one attached hydrogen (secondary N) is 1. The standard InChI is InChI=1S/C22H27N5O5S/c1-14(2)27-19(10-11-23-27)24-21(28)15(3)32-22(29)16-8-9-17-18(13-16)33(30,31)25-20-7-5-4-6-12-26(17)20/h8-11,13-15H,4-7,12H2,1-3H3,(H,24,28)/t15-/m0/s1. The average Bonchev–Trinajstić information content (AvgIpc) is 3.11. The van der Waals surface area contributed by atoms with Crippen molar-refractivity contribution in [1.82, 2.24) is 9.78 Å². The molecular weight excluding hydrogens is 446 g/mol. The zero-order valence-corrected chi connectivity index (χ0v) is 19.6. The van der Waals surface area contributed by atoms with E-state index in [9.17, 15) is 18.0 Å². The highest BCUT2D eigenvalue weighted by Crippen LogP contribution is 2.35. The highest BCUT2D eigenvalue weighted by Gasteiger charge is 2.32. The first-order valence-corrected chi connectivity index (χ1v) is 12.4. The molecule has 2 aromatic rings. The minimum Gasteiger partial charge on any atom is -0.449 e. The smallest absolute Gasteiger partial charge is 0.338 e. The molecule has 0 spiro atoms. The summed E-state index contributed by atoms with van der Waals surface area (Å²) in [6.45, 7) is 5.98. The predicted octanol–water partition coefficient (Wildman–Crippen LogP) is 3.13. The second-order valence-electron chi connectivity index (χ2n) is 8.42. The fourth-order valence-electron chi connectivity index (χ4n) is 3.94. The number of sulfonamides is 1. The first kappa shape index (κ1) is 23.0. The molecule has 2 aliphatic heterocycles. The van der Waals surface area contributed by atoms with Gasteiger partial charge in [-0.15, -0.1) is 4.40 Å². The van der Waals surface area contributed by atoms with Crippen molar-refractivity contribution in [2.24, 2.45) is 4.40 Å². The van der Waals surface area contributed by atoms with E-state index in [-0.39, 0.29) is 16.5 Å². The molecule has 0 radical (unpaired) electrons. The molecule has 176 valence electrons. The SMILES string of the molecule is CC(C)n1nccc1NC(=O)[C@H](C)OC(=O)c1ccc2c(c1)S(=O)(=O)N=C1CCCCCN12. The van der Waals surface area contributed by atoms with Crippen LogP contribution in [0.5, 0.6) is 0 Å². The number of carbonyl (C=O) groups is 2. The number of hydrogen-bond acceptors (Lipinski definition) is 7. The molecular formula is C22H27N5O5S. The Labute approximate surface area is 192 Å². The van der Waals surface area contributed by atoms with E-state index < -0.39 is 28.0 Å². The van der Waals surface area contributed by atoms with E-state index >= 15 is 0 Å². The molecule has 0 aliphatic carbocycles. The van der Waals surface area contributed by atoms with Gasteiger partial charge in [-0.1, -0.05) is 6.42 Å². The maximum Gasteiger partial charge on any atom is 0.338 e. The molecule has 1 saturated heterocycles. The van der Waals surface area contributed by atoms with Crippen molar-refractivity contribution < 1.29 is 22.7 Å². The normalized spacial score (nSPS) is 17.9. The van der Waals surface area contributed by atoms with E-state index in [0.29, 0.717) is 30.3 Å². The number of anilines is 2. The lowest BCUT2D eigenvalue weighted by molar-refractivity contribution is -0.123. The van der Waals surface area contributed by atoms with Crippen LogP contribution in [0.2, 0.25) is 0 Å². The van der Waals surface area contributed by atoms with Crippen LogP contribution in [-0.4, -0.2) is 48.6 Å². The van der Waals surface area contributed by atoms with Crippen LogP contribution in [0.1, 0.15) is 62.9 Å². The fraction of sp³-hybridized carbons (Fsp3) is 0.455. The fourth-order valence-corrected chi connectivity index (χ4v) is 5.23. The lowest BCUT2D eigenvalue weighted by atomic mass is 10.1. The Kier molecular flexibility index (Phi) is 6.24. The molecule has 33 heavy (non-hydrogen) atoms. The number of nitrogens with zero attached hydrogens (tertiary/aromatic N) is 4. The molecule has 11 heteroatoms. The first-order valence-electron chi connectivity index (χ1n) is 11.0. The van der Waals surface area contributed by atoms with Crippen LogP contribution in [0, 0.1) is 0 Å². The average molecular weight is 474 g/mol. The molecule has 1 aromatic carbocycles. The number of benzene rings is 1. The van der Waals surface area contributed by atoms with E-state index in [1.165, 1.54) is 19.1 Å². The van der Waals surface area contributed by atoms with Crippen LogP contribution < -0.4 is 10.2 Å². The van der Waals surface area contributed by atoms with Gasteiger partial charge in [0, 0.05) is 25.1 Å². The molecule has 0 unspecified atom stereocenters. The lowest BCUT2D eigenvalue weighted by Crippen LogP contribution is -2.35. The van der Waals surface area contributed by atoms with Crippen molar-refractivity contribution in [3.63, 3.8) is 0 Å². The highest BCUT2D eigenvalue weighted by atomic mass is 32.2. The number of hydrogen-bond donors (Lipinski definition) is 1. The second-order valence-corrected chi connectivity index (χ2v) is 9.99. The Morgan fingerprint density at radius 2 is 1.91 bits per heavy atom. The zero-order valence-electron chi connectivity index (χ0n) is 18.8. The topological polar surface area (TPSA) is 123 Å². The Bertz CT molecular complexity index is 1220. The molecule has 1 amide bonds. The molecule has 1 aromatic heterocycles. The van der Waals surface area contributed by atoms with Gasteiger partial charge in [0.05, 0.1) is 17.4 Å². The molecule has 1 fully saturated rings. The number of rotatable bonds is 5. The minimum atomic E-state index is -3.93. The van der Waals surface area contributed by atoms with Gasteiger partial charge >= 0.3 is 5.97 Å². The van der Waals surface area contributed by atoms with Gasteiger partial charge in [-0.3, -0.25) is 4.79 Å². The van der Waals surface area contributed by atoms with Gasteiger partial charge in [0.2, 0.25) is 0 Å². The Morgan fingerprint density at radius 1 is 1.12 bits per heavy atom. The van der Waals surface area contributed by atoms with Crippen molar-refractivity contribution in [3.05, 3.63) is 36.0 Å². The maximum atomic E-state index is 12.8. The Hall–Kier alpha value is -3.21. The number of carbonyl (C=O) groups excluding carboxylic acids is 2. The van der Waals surface area contributed by atoms with Gasteiger partial charge in [-0.2, -0.15) is 13.5 Å².